The molecule has 1 saturated heterocycles. The Morgan fingerprint density at radius 1 is 1.37 bits per heavy atom. The molecule has 2 rings (SSSR count). The van der Waals surface area contributed by atoms with Gasteiger partial charge in [-0.05, 0) is 0 Å². The third-order valence-electron chi connectivity index (χ3n) is 3.43. The van der Waals surface area contributed by atoms with Crippen LogP contribution in [0.1, 0.15) is 19.0 Å². The summed E-state index contributed by atoms with van der Waals surface area (Å²) in [4.78, 5) is 55.7. The van der Waals surface area contributed by atoms with Crippen molar-refractivity contribution in [2.24, 2.45) is 5.16 Å². The molecule has 0 aromatic carbocycles. The summed E-state index contributed by atoms with van der Waals surface area (Å²) in [6.45, 7) is 1.28. The predicted molar refractivity (Wildman–Crippen MR) is 95.5 cm³/mol. The Balaban J connectivity index is 2.21. The van der Waals surface area contributed by atoms with E-state index in [9.17, 15) is 19.2 Å². The smallest absolute Gasteiger partial charge is 0.307 e. The summed E-state index contributed by atoms with van der Waals surface area (Å²) >= 11 is 6.81. The molecule has 3 N–H and O–H groups in total. The molecule has 2 unspecified atom stereocenters. The number of esters is 1. The van der Waals surface area contributed by atoms with Gasteiger partial charge >= 0.3 is 5.97 Å². The fourth-order valence-corrected chi connectivity index (χ4v) is 3.29. The number of rotatable bonds is 7. The zero-order valence-electron chi connectivity index (χ0n) is 14.5. The van der Waals surface area contributed by atoms with Crippen molar-refractivity contribution in [1.29, 1.82) is 0 Å². The van der Waals surface area contributed by atoms with Gasteiger partial charge < -0.3 is 25.5 Å². The van der Waals surface area contributed by atoms with Crippen LogP contribution >= 0.6 is 22.9 Å². The van der Waals surface area contributed by atoms with E-state index in [0.717, 1.165) is 11.3 Å². The Hall–Kier alpha value is -2.73. The lowest BCUT2D eigenvalue weighted by Gasteiger charge is -2.36. The molecule has 0 spiro atoms. The highest BCUT2D eigenvalue weighted by molar-refractivity contribution is 7.20. The minimum absolute atomic E-state index is 0.0104. The second-order valence-corrected chi connectivity index (χ2v) is 6.88. The number of hydrogen-bond donors (Lipinski definition) is 3. The van der Waals surface area contributed by atoms with Gasteiger partial charge in [0.15, 0.2) is 10.2 Å². The number of carbonyl (C=O) groups excluding carboxylic acids is 4. The molecule has 1 aromatic heterocycles. The summed E-state index contributed by atoms with van der Waals surface area (Å²) in [7, 11) is 2.44. The number of ether oxygens (including phenoxy) is 1. The zero-order valence-corrected chi connectivity index (χ0v) is 16.1. The molecule has 27 heavy (non-hydrogen) atoms. The molecule has 0 saturated carbocycles. The van der Waals surface area contributed by atoms with Crippen LogP contribution in [0.2, 0.25) is 4.47 Å². The second-order valence-electron chi connectivity index (χ2n) is 5.29. The Morgan fingerprint density at radius 3 is 2.63 bits per heavy atom. The van der Waals surface area contributed by atoms with Crippen molar-refractivity contribution in [1.82, 2.24) is 15.6 Å². The first-order valence-corrected chi connectivity index (χ1v) is 8.69. The lowest BCUT2D eigenvalue weighted by Crippen LogP contribution is -2.70. The molecule has 1 fully saturated rings. The van der Waals surface area contributed by atoms with E-state index < -0.39 is 35.8 Å². The van der Waals surface area contributed by atoms with Gasteiger partial charge in [-0.15, -0.1) is 0 Å². The van der Waals surface area contributed by atoms with E-state index >= 15 is 0 Å². The van der Waals surface area contributed by atoms with E-state index in [4.69, 9.17) is 11.6 Å². The summed E-state index contributed by atoms with van der Waals surface area (Å²) in [6.07, 6.45) is -0.108. The highest BCUT2D eigenvalue weighted by Gasteiger charge is 2.42. The first kappa shape index (κ1) is 20.6. The van der Waals surface area contributed by atoms with E-state index in [1.807, 2.05) is 0 Å². The average Bonchev–Trinajstić information content (AvgIpc) is 2.95. The number of aromatic nitrogens is 1. The number of carbonyl (C=O) groups is 4. The third-order valence-corrected chi connectivity index (χ3v) is 4.50. The largest absolute Gasteiger partial charge is 0.469 e. The molecule has 13 heteroatoms. The topological polar surface area (TPSA) is 148 Å². The summed E-state index contributed by atoms with van der Waals surface area (Å²) in [6, 6.07) is -1.58. The quantitative estimate of drug-likeness (QED) is 0.237. The molecular formula is C14H16ClN5O6S. The lowest BCUT2D eigenvalue weighted by atomic mass is 9.95. The standard InChI is InChI=1S/C14H16ClN5O6S/c1-5(21)16-13-10(19-14(15)27-13)9(20-26-3)12(24)18-8-6(17-11(8)23)4-7(22)25-2/h6,8H,4H2,1-3H3,(H,16,21)(H,17,23)(H,18,24). The van der Waals surface area contributed by atoms with Crippen LogP contribution in [0.4, 0.5) is 5.00 Å². The van der Waals surface area contributed by atoms with Gasteiger partial charge in [-0.1, -0.05) is 28.1 Å². The van der Waals surface area contributed by atoms with Gasteiger partial charge in [-0.3, -0.25) is 19.2 Å². The maximum absolute atomic E-state index is 12.6. The number of amides is 3. The van der Waals surface area contributed by atoms with Gasteiger partial charge in [0.05, 0.1) is 19.6 Å². The van der Waals surface area contributed by atoms with Gasteiger partial charge in [0.1, 0.15) is 23.8 Å². The molecule has 146 valence electrons. The number of β-lactam (4-membered cyclic amide) rings is 1. The lowest BCUT2D eigenvalue weighted by molar-refractivity contribution is -0.144. The highest BCUT2D eigenvalue weighted by atomic mass is 35.5. The van der Waals surface area contributed by atoms with Crippen LogP contribution in [-0.4, -0.2) is 60.7 Å². The predicted octanol–water partition coefficient (Wildman–Crippen LogP) is -0.348. The number of halogens is 1. The molecule has 0 bridgehead atoms. The fourth-order valence-electron chi connectivity index (χ4n) is 2.23. The van der Waals surface area contributed by atoms with Crippen LogP contribution in [0.5, 0.6) is 0 Å². The Kier molecular flexibility index (Phi) is 6.69. The second kappa shape index (κ2) is 8.77. The molecule has 1 aliphatic heterocycles. The van der Waals surface area contributed by atoms with Crippen LogP contribution < -0.4 is 16.0 Å². The van der Waals surface area contributed by atoms with E-state index in [1.165, 1.54) is 21.1 Å². The van der Waals surface area contributed by atoms with Crippen molar-refractivity contribution in [3.8, 4) is 0 Å². The number of nitrogens with one attached hydrogen (secondary N) is 3. The molecule has 0 aliphatic carbocycles. The van der Waals surface area contributed by atoms with Crippen LogP contribution in [0.25, 0.3) is 0 Å². The van der Waals surface area contributed by atoms with Gasteiger partial charge in [-0.25, -0.2) is 4.98 Å². The highest BCUT2D eigenvalue weighted by Crippen LogP contribution is 2.29. The minimum Gasteiger partial charge on any atom is -0.469 e. The number of oxime groups is 1. The Labute approximate surface area is 162 Å². The Morgan fingerprint density at radius 2 is 2.07 bits per heavy atom. The molecule has 1 aliphatic rings. The molecule has 2 heterocycles. The van der Waals surface area contributed by atoms with E-state index in [2.05, 4.69) is 35.7 Å². The Bertz CT molecular complexity index is 810. The van der Waals surface area contributed by atoms with Gasteiger partial charge in [-0.2, -0.15) is 0 Å². The number of nitrogens with zero attached hydrogens (tertiary/aromatic N) is 2. The number of thiazole rings is 1. The van der Waals surface area contributed by atoms with Crippen LogP contribution in [0.3, 0.4) is 0 Å². The summed E-state index contributed by atoms with van der Waals surface area (Å²) < 4.78 is 4.61. The summed E-state index contributed by atoms with van der Waals surface area (Å²) in [5.41, 5.74) is -0.301. The van der Waals surface area contributed by atoms with E-state index in [-0.39, 0.29) is 27.3 Å². The monoisotopic (exact) mass is 417 g/mol. The molecule has 0 radical (unpaired) electrons. The van der Waals surface area contributed by atoms with Crippen molar-refractivity contribution in [2.45, 2.75) is 25.4 Å². The SMILES string of the molecule is CON=C(C(=O)NC1C(=O)NC1CC(=O)OC)c1nc(Cl)sc1NC(C)=O. The van der Waals surface area contributed by atoms with Gasteiger partial charge in [0.25, 0.3) is 5.91 Å². The summed E-state index contributed by atoms with van der Waals surface area (Å²) in [5.74, 6) is -2.19. The minimum atomic E-state index is -0.961. The van der Waals surface area contributed by atoms with E-state index in [1.54, 1.807) is 0 Å². The molecule has 3 amide bonds. The van der Waals surface area contributed by atoms with Gasteiger partial charge in [0, 0.05) is 6.92 Å². The van der Waals surface area contributed by atoms with Crippen molar-refractivity contribution in [2.75, 3.05) is 19.5 Å². The van der Waals surface area contributed by atoms with Crippen LogP contribution in [0, 0.1) is 0 Å². The van der Waals surface area contributed by atoms with Crippen molar-refractivity contribution < 1.29 is 28.8 Å². The average molecular weight is 418 g/mol. The first-order chi connectivity index (χ1) is 12.8. The number of anilines is 1. The molecule has 11 nitrogen and oxygen atoms in total. The van der Waals surface area contributed by atoms with Crippen molar-refractivity contribution in [3.05, 3.63) is 10.2 Å². The van der Waals surface area contributed by atoms with Crippen molar-refractivity contribution >= 4 is 57.3 Å². The summed E-state index contributed by atoms with van der Waals surface area (Å²) in [5, 5.41) is 11.3. The normalized spacial score (nSPS) is 18.8. The third kappa shape index (κ3) is 4.92. The fraction of sp³-hybridized carbons (Fsp3) is 0.429. The molecule has 1 aromatic rings. The molecule has 2 atom stereocenters. The first-order valence-electron chi connectivity index (χ1n) is 7.50. The van der Waals surface area contributed by atoms with Crippen molar-refractivity contribution in [3.63, 3.8) is 0 Å². The zero-order chi connectivity index (χ0) is 20.1. The van der Waals surface area contributed by atoms with Gasteiger partial charge in [0.2, 0.25) is 11.8 Å². The number of methoxy groups -OCH3 is 1. The van der Waals surface area contributed by atoms with Crippen LogP contribution in [0.15, 0.2) is 5.16 Å². The van der Waals surface area contributed by atoms with Crippen LogP contribution in [-0.2, 0) is 28.8 Å². The van der Waals surface area contributed by atoms with E-state index in [0.29, 0.717) is 0 Å². The maximum Gasteiger partial charge on any atom is 0.307 e. The number of hydrogen-bond acceptors (Lipinski definition) is 9. The maximum atomic E-state index is 12.6. The molecular weight excluding hydrogens is 402 g/mol.